The summed E-state index contributed by atoms with van der Waals surface area (Å²) >= 11 is 0. The summed E-state index contributed by atoms with van der Waals surface area (Å²) in [6, 6.07) is 18.3. The van der Waals surface area contributed by atoms with Crippen LogP contribution in [0.5, 0.6) is 0 Å². The number of benzene rings is 2. The third-order valence-corrected chi connectivity index (χ3v) is 9.20. The predicted molar refractivity (Wildman–Crippen MR) is 170 cm³/mol. The van der Waals surface area contributed by atoms with Crippen LogP contribution in [-0.2, 0) is 7.05 Å². The fourth-order valence-corrected chi connectivity index (χ4v) is 6.98. The van der Waals surface area contributed by atoms with Crippen LogP contribution in [0.4, 0.5) is 15.9 Å². The number of Topliss-reactive ketones (excluding diaryl/α,β-unsaturated/α-hetero) is 2. The van der Waals surface area contributed by atoms with E-state index in [4.69, 9.17) is 0 Å². The van der Waals surface area contributed by atoms with Gasteiger partial charge in [0.25, 0.3) is 0 Å². The van der Waals surface area contributed by atoms with Crippen LogP contribution in [0.1, 0.15) is 60.4 Å². The van der Waals surface area contributed by atoms with Gasteiger partial charge < -0.3 is 14.4 Å². The fraction of sp³-hybridized carbons (Fsp3) is 0.361. The molecule has 1 saturated carbocycles. The Morgan fingerprint density at radius 3 is 2.21 bits per heavy atom. The molecule has 2 aromatic carbocycles. The Kier molecular flexibility index (Phi) is 8.15. The molecule has 6 nitrogen and oxygen atoms in total. The Balaban J connectivity index is 1.45. The number of pyridine rings is 1. The number of rotatable bonds is 7. The first-order valence-electron chi connectivity index (χ1n) is 15.4. The molecule has 1 aliphatic carbocycles. The Morgan fingerprint density at radius 1 is 0.860 bits per heavy atom. The molecule has 0 spiro atoms. The lowest BCUT2D eigenvalue weighted by Gasteiger charge is -2.38. The Morgan fingerprint density at radius 2 is 1.53 bits per heavy atom. The number of ketones is 2. The van der Waals surface area contributed by atoms with Gasteiger partial charge in [-0.25, -0.2) is 4.39 Å². The zero-order valence-electron chi connectivity index (χ0n) is 25.2. The average Bonchev–Trinajstić information content (AvgIpc) is 3.34. The van der Waals surface area contributed by atoms with Crippen molar-refractivity contribution < 1.29 is 14.0 Å². The van der Waals surface area contributed by atoms with Crippen LogP contribution in [0, 0.1) is 17.7 Å². The van der Waals surface area contributed by atoms with Crippen LogP contribution in [0.25, 0.3) is 22.3 Å². The minimum atomic E-state index is -0.302. The normalized spacial score (nSPS) is 19.0. The second-order valence-corrected chi connectivity index (χ2v) is 12.1. The summed E-state index contributed by atoms with van der Waals surface area (Å²) in [5, 5.41) is 0. The lowest BCUT2D eigenvalue weighted by molar-refractivity contribution is 0.0860. The molecule has 0 amide bonds. The second-order valence-electron chi connectivity index (χ2n) is 12.1. The molecule has 2 atom stereocenters. The molecule has 0 radical (unpaired) electrons. The van der Waals surface area contributed by atoms with Crippen molar-refractivity contribution in [1.29, 1.82) is 0 Å². The van der Waals surface area contributed by atoms with Crippen molar-refractivity contribution in [1.82, 2.24) is 9.55 Å². The van der Waals surface area contributed by atoms with Crippen LogP contribution in [0.15, 0.2) is 73.1 Å². The molecule has 7 heteroatoms. The van der Waals surface area contributed by atoms with Crippen molar-refractivity contribution in [2.45, 2.75) is 39.5 Å². The standard InChI is InChI=1S/C36H39FN4O2/c1-24-6-4-8-29(22-24)35(43)34-32(26-10-12-30(37)13-11-26)33(27-14-16-38-17-15-27)36(39(34)3)41-20-18-40(19-21-41)31-9-5-7-28(23-31)25(2)42/h5,7,9-17,23-24,29H,4,6,8,18-22H2,1-3H3/t24-,29?/m0/s1. The number of aromatic nitrogens is 2. The number of anilines is 2. The maximum atomic E-state index is 14.5. The average molecular weight is 579 g/mol. The van der Waals surface area contributed by atoms with Gasteiger partial charge in [0.15, 0.2) is 11.6 Å². The first-order valence-corrected chi connectivity index (χ1v) is 15.4. The first kappa shape index (κ1) is 28.8. The third kappa shape index (κ3) is 5.73. The molecule has 0 N–H and O–H groups in total. The van der Waals surface area contributed by atoms with Crippen LogP contribution >= 0.6 is 0 Å². The van der Waals surface area contributed by atoms with Crippen molar-refractivity contribution in [3.05, 3.63) is 90.1 Å². The van der Waals surface area contributed by atoms with Gasteiger partial charge in [-0.1, -0.05) is 44.0 Å². The van der Waals surface area contributed by atoms with Gasteiger partial charge in [-0.05, 0) is 73.2 Å². The highest BCUT2D eigenvalue weighted by atomic mass is 19.1. The summed E-state index contributed by atoms with van der Waals surface area (Å²) in [5.41, 5.74) is 6.12. The number of carbonyl (C=O) groups is 2. The molecule has 222 valence electrons. The molecule has 1 saturated heterocycles. The molecule has 2 fully saturated rings. The first-order chi connectivity index (χ1) is 20.8. The van der Waals surface area contributed by atoms with Gasteiger partial charge in [-0.15, -0.1) is 0 Å². The minimum absolute atomic E-state index is 0.0277. The highest BCUT2D eigenvalue weighted by Gasteiger charge is 2.35. The Labute approximate surface area is 253 Å². The number of halogens is 1. The van der Waals surface area contributed by atoms with Gasteiger partial charge in [0.1, 0.15) is 11.6 Å². The number of nitrogens with zero attached hydrogens (tertiary/aromatic N) is 4. The van der Waals surface area contributed by atoms with Crippen molar-refractivity contribution in [2.24, 2.45) is 18.9 Å². The van der Waals surface area contributed by atoms with E-state index in [1.54, 1.807) is 31.5 Å². The van der Waals surface area contributed by atoms with E-state index in [2.05, 4.69) is 32.3 Å². The van der Waals surface area contributed by atoms with Crippen molar-refractivity contribution in [3.8, 4) is 22.3 Å². The van der Waals surface area contributed by atoms with E-state index in [-0.39, 0.29) is 23.3 Å². The Hall–Kier alpha value is -4.26. The highest BCUT2D eigenvalue weighted by molar-refractivity contribution is 6.09. The minimum Gasteiger partial charge on any atom is -0.368 e. The maximum absolute atomic E-state index is 14.5. The summed E-state index contributed by atoms with van der Waals surface area (Å²) in [7, 11) is 2.01. The summed E-state index contributed by atoms with van der Waals surface area (Å²) in [6.07, 6.45) is 7.58. The number of carbonyl (C=O) groups excluding carboxylic acids is 2. The summed E-state index contributed by atoms with van der Waals surface area (Å²) in [5.74, 6) is 1.42. The van der Waals surface area contributed by atoms with E-state index < -0.39 is 0 Å². The molecule has 1 aliphatic heterocycles. The molecule has 3 heterocycles. The summed E-state index contributed by atoms with van der Waals surface area (Å²) in [6.45, 7) is 6.88. The number of hydrogen-bond donors (Lipinski definition) is 0. The molecular formula is C36H39FN4O2. The fourth-order valence-electron chi connectivity index (χ4n) is 6.98. The monoisotopic (exact) mass is 578 g/mol. The summed E-state index contributed by atoms with van der Waals surface area (Å²) < 4.78 is 16.2. The molecule has 2 aromatic heterocycles. The third-order valence-electron chi connectivity index (χ3n) is 9.20. The largest absolute Gasteiger partial charge is 0.368 e. The van der Waals surface area contributed by atoms with E-state index in [0.717, 1.165) is 85.6 Å². The van der Waals surface area contributed by atoms with Crippen molar-refractivity contribution in [2.75, 3.05) is 36.0 Å². The van der Waals surface area contributed by atoms with Crippen molar-refractivity contribution in [3.63, 3.8) is 0 Å². The van der Waals surface area contributed by atoms with Gasteiger partial charge in [0.2, 0.25) is 0 Å². The van der Waals surface area contributed by atoms with Gasteiger partial charge >= 0.3 is 0 Å². The maximum Gasteiger partial charge on any atom is 0.182 e. The SMILES string of the molecule is CC(=O)c1cccc(N2CCN(c3c(-c4ccncc4)c(-c4ccc(F)cc4)c(C(=O)C4CCC[C@H](C)C4)n3C)CC2)c1. The molecule has 4 aromatic rings. The predicted octanol–water partition coefficient (Wildman–Crippen LogP) is 7.43. The van der Waals surface area contributed by atoms with E-state index in [1.807, 2.05) is 37.4 Å². The van der Waals surface area contributed by atoms with Crippen LogP contribution in [0.2, 0.25) is 0 Å². The smallest absolute Gasteiger partial charge is 0.182 e. The molecule has 0 bridgehead atoms. The van der Waals surface area contributed by atoms with Crippen LogP contribution in [0.3, 0.4) is 0 Å². The summed E-state index contributed by atoms with van der Waals surface area (Å²) in [4.78, 5) is 35.4. The quantitative estimate of drug-likeness (QED) is 0.214. The number of piperazine rings is 1. The van der Waals surface area contributed by atoms with Crippen LogP contribution < -0.4 is 9.80 Å². The second kappa shape index (κ2) is 12.2. The van der Waals surface area contributed by atoms with Gasteiger partial charge in [-0.2, -0.15) is 0 Å². The van der Waals surface area contributed by atoms with Gasteiger partial charge in [0.05, 0.1) is 5.69 Å². The lowest BCUT2D eigenvalue weighted by Crippen LogP contribution is -2.47. The van der Waals surface area contributed by atoms with Crippen molar-refractivity contribution >= 4 is 23.1 Å². The topological polar surface area (TPSA) is 58.4 Å². The molecule has 43 heavy (non-hydrogen) atoms. The molecule has 6 rings (SSSR count). The molecule has 2 aliphatic rings. The van der Waals surface area contributed by atoms with Gasteiger partial charge in [0, 0.05) is 73.9 Å². The zero-order valence-corrected chi connectivity index (χ0v) is 25.2. The molecule has 1 unspecified atom stereocenters. The van der Waals surface area contributed by atoms with E-state index >= 15 is 0 Å². The Bertz CT molecular complexity index is 1620. The van der Waals surface area contributed by atoms with Crippen LogP contribution in [-0.4, -0.2) is 47.3 Å². The van der Waals surface area contributed by atoms with E-state index in [0.29, 0.717) is 17.2 Å². The molecular weight excluding hydrogens is 539 g/mol. The van der Waals surface area contributed by atoms with E-state index in [1.165, 1.54) is 12.1 Å². The van der Waals surface area contributed by atoms with E-state index in [9.17, 15) is 14.0 Å². The van der Waals surface area contributed by atoms with Gasteiger partial charge in [-0.3, -0.25) is 14.6 Å². The highest BCUT2D eigenvalue weighted by Crippen LogP contribution is 2.46. The lowest BCUT2D eigenvalue weighted by atomic mass is 9.78. The number of hydrogen-bond acceptors (Lipinski definition) is 5. The zero-order chi connectivity index (χ0) is 30.1.